The van der Waals surface area contributed by atoms with E-state index in [2.05, 4.69) is 26.2 Å². The molecule has 158 valence electrons. The lowest BCUT2D eigenvalue weighted by atomic mass is 10.2. The maximum atomic E-state index is 14.3. The molecule has 1 N–H and O–H groups in total. The van der Waals surface area contributed by atoms with Crippen molar-refractivity contribution < 1.29 is 13.9 Å². The quantitative estimate of drug-likeness (QED) is 0.620. The molecule has 0 radical (unpaired) electrons. The lowest BCUT2D eigenvalue weighted by Gasteiger charge is -2.18. The normalized spacial score (nSPS) is 18.1. The molecule has 0 bridgehead atoms. The van der Waals surface area contributed by atoms with Gasteiger partial charge in [-0.3, -0.25) is 18.7 Å². The average molecular weight is 479 g/mol. The first-order valence-corrected chi connectivity index (χ1v) is 10.1. The molecule has 10 heteroatoms. The number of aromatic nitrogens is 3. The maximum Gasteiger partial charge on any atom is 0.264 e. The third-order valence-electron chi connectivity index (χ3n) is 4.87. The fourth-order valence-corrected chi connectivity index (χ4v) is 3.74. The van der Waals surface area contributed by atoms with E-state index in [0.717, 1.165) is 0 Å². The van der Waals surface area contributed by atoms with Crippen LogP contribution in [-0.4, -0.2) is 32.6 Å². The summed E-state index contributed by atoms with van der Waals surface area (Å²) < 4.78 is 28.9. The molecule has 3 heterocycles. The summed E-state index contributed by atoms with van der Waals surface area (Å²) in [6.07, 6.45) is 1.06. The van der Waals surface area contributed by atoms with Gasteiger partial charge in [0.05, 0.1) is 24.5 Å². The second kappa shape index (κ2) is 7.60. The summed E-state index contributed by atoms with van der Waals surface area (Å²) in [5.74, 6) is -1.24. The first-order chi connectivity index (χ1) is 14.1. The molecular weight excluding hydrogens is 459 g/mol. The van der Waals surface area contributed by atoms with Crippen LogP contribution in [0.15, 0.2) is 44.7 Å². The van der Waals surface area contributed by atoms with Crippen LogP contribution in [0.4, 0.5) is 15.8 Å². The zero-order chi connectivity index (χ0) is 21.6. The van der Waals surface area contributed by atoms with E-state index in [1.54, 1.807) is 19.9 Å². The summed E-state index contributed by atoms with van der Waals surface area (Å²) in [6, 6.07) is 5.73. The van der Waals surface area contributed by atoms with Crippen molar-refractivity contribution in [3.63, 3.8) is 0 Å². The molecule has 1 aliphatic heterocycles. The standard InChI is InChI=1S/C20H20BrFN4O4/c1-20(2)29-9-12(30-20)8-26-10-23-18-17(19(26)28)15(7-16(27)25(18)3)24-14-5-4-11(21)6-13(14)22/h4-7,10,12,24H,8-9H2,1-3H3. The van der Waals surface area contributed by atoms with E-state index >= 15 is 0 Å². The first-order valence-electron chi connectivity index (χ1n) is 9.27. The molecular formula is C20H20BrFN4O4. The Labute approximate surface area is 179 Å². The number of nitrogens with zero attached hydrogens (tertiary/aromatic N) is 3. The van der Waals surface area contributed by atoms with Crippen molar-refractivity contribution in [1.29, 1.82) is 0 Å². The molecule has 0 aliphatic carbocycles. The highest BCUT2D eigenvalue weighted by atomic mass is 79.9. The fourth-order valence-electron chi connectivity index (χ4n) is 3.40. The number of halogens is 2. The number of aryl methyl sites for hydroxylation is 1. The number of fused-ring (bicyclic) bond motifs is 1. The molecule has 1 unspecified atom stereocenters. The third-order valence-corrected chi connectivity index (χ3v) is 5.36. The number of nitrogens with one attached hydrogen (secondary N) is 1. The van der Waals surface area contributed by atoms with Gasteiger partial charge in [-0.2, -0.15) is 0 Å². The minimum absolute atomic E-state index is 0.136. The van der Waals surface area contributed by atoms with Crippen LogP contribution < -0.4 is 16.4 Å². The third kappa shape index (κ3) is 3.90. The van der Waals surface area contributed by atoms with Crippen LogP contribution >= 0.6 is 15.9 Å². The Balaban J connectivity index is 1.80. The van der Waals surface area contributed by atoms with Crippen molar-refractivity contribution in [2.45, 2.75) is 32.3 Å². The van der Waals surface area contributed by atoms with Gasteiger partial charge in [-0.1, -0.05) is 15.9 Å². The van der Waals surface area contributed by atoms with Gasteiger partial charge < -0.3 is 14.8 Å². The molecule has 30 heavy (non-hydrogen) atoms. The molecule has 1 aromatic carbocycles. The second-order valence-corrected chi connectivity index (χ2v) is 8.47. The van der Waals surface area contributed by atoms with Gasteiger partial charge in [-0.15, -0.1) is 0 Å². The molecule has 1 aliphatic rings. The van der Waals surface area contributed by atoms with Gasteiger partial charge in [-0.25, -0.2) is 9.37 Å². The fraction of sp³-hybridized carbons (Fsp3) is 0.350. The van der Waals surface area contributed by atoms with E-state index in [0.29, 0.717) is 11.1 Å². The Hall–Kier alpha value is -2.56. The summed E-state index contributed by atoms with van der Waals surface area (Å²) in [6.45, 7) is 4.19. The van der Waals surface area contributed by atoms with Crippen LogP contribution in [-0.2, 0) is 23.1 Å². The van der Waals surface area contributed by atoms with Crippen LogP contribution in [0.25, 0.3) is 11.0 Å². The minimum Gasteiger partial charge on any atom is -0.352 e. The van der Waals surface area contributed by atoms with Crippen molar-refractivity contribution in [2.75, 3.05) is 11.9 Å². The second-order valence-electron chi connectivity index (χ2n) is 7.56. The lowest BCUT2D eigenvalue weighted by molar-refractivity contribution is -0.139. The topological polar surface area (TPSA) is 87.4 Å². The largest absolute Gasteiger partial charge is 0.352 e. The zero-order valence-corrected chi connectivity index (χ0v) is 18.2. The number of pyridine rings is 1. The summed E-state index contributed by atoms with van der Waals surface area (Å²) in [5.41, 5.74) is -0.222. The van der Waals surface area contributed by atoms with E-state index < -0.39 is 11.6 Å². The highest BCUT2D eigenvalue weighted by molar-refractivity contribution is 9.10. The Morgan fingerprint density at radius 1 is 1.30 bits per heavy atom. The number of anilines is 2. The Bertz CT molecular complexity index is 1250. The van der Waals surface area contributed by atoms with Crippen molar-refractivity contribution in [2.24, 2.45) is 7.05 Å². The Morgan fingerprint density at radius 3 is 2.73 bits per heavy atom. The van der Waals surface area contributed by atoms with E-state index in [-0.39, 0.29) is 46.2 Å². The number of hydrogen-bond donors (Lipinski definition) is 1. The number of benzene rings is 1. The highest BCUT2D eigenvalue weighted by Gasteiger charge is 2.33. The van der Waals surface area contributed by atoms with Crippen LogP contribution in [0.2, 0.25) is 0 Å². The molecule has 0 spiro atoms. The highest BCUT2D eigenvalue weighted by Crippen LogP contribution is 2.26. The zero-order valence-electron chi connectivity index (χ0n) is 16.6. The van der Waals surface area contributed by atoms with Gasteiger partial charge in [0, 0.05) is 17.6 Å². The summed E-state index contributed by atoms with van der Waals surface area (Å²) in [7, 11) is 1.53. The predicted molar refractivity (Wildman–Crippen MR) is 114 cm³/mol. The number of ether oxygens (including phenoxy) is 2. The number of hydrogen-bond acceptors (Lipinski definition) is 6. The van der Waals surface area contributed by atoms with Crippen molar-refractivity contribution >= 4 is 38.3 Å². The summed E-state index contributed by atoms with van der Waals surface area (Å²) >= 11 is 3.21. The van der Waals surface area contributed by atoms with Crippen LogP contribution in [0.1, 0.15) is 13.8 Å². The van der Waals surface area contributed by atoms with Gasteiger partial charge in [0.15, 0.2) is 11.4 Å². The lowest BCUT2D eigenvalue weighted by Crippen LogP contribution is -2.31. The van der Waals surface area contributed by atoms with Gasteiger partial charge in [0.2, 0.25) is 0 Å². The van der Waals surface area contributed by atoms with Crippen molar-refractivity contribution in [3.8, 4) is 0 Å². The molecule has 3 aromatic rings. The Kier molecular flexibility index (Phi) is 5.25. The average Bonchev–Trinajstić information content (AvgIpc) is 3.01. The van der Waals surface area contributed by atoms with Gasteiger partial charge in [-0.05, 0) is 32.0 Å². The molecule has 4 rings (SSSR count). The first kappa shape index (κ1) is 20.7. The van der Waals surface area contributed by atoms with Crippen molar-refractivity contribution in [1.82, 2.24) is 14.1 Å². The number of rotatable bonds is 4. The monoisotopic (exact) mass is 478 g/mol. The van der Waals surface area contributed by atoms with E-state index in [4.69, 9.17) is 9.47 Å². The maximum absolute atomic E-state index is 14.3. The van der Waals surface area contributed by atoms with E-state index in [9.17, 15) is 14.0 Å². The Morgan fingerprint density at radius 2 is 2.07 bits per heavy atom. The molecule has 1 atom stereocenters. The molecule has 2 aromatic heterocycles. The molecule has 0 saturated carbocycles. The van der Waals surface area contributed by atoms with Crippen LogP contribution in [0.5, 0.6) is 0 Å². The van der Waals surface area contributed by atoms with Gasteiger partial charge in [0.25, 0.3) is 11.1 Å². The SMILES string of the molecule is Cn1c(=O)cc(Nc2ccc(Br)cc2F)c2c(=O)n(CC3COC(C)(C)O3)cnc21. The van der Waals surface area contributed by atoms with Crippen LogP contribution in [0, 0.1) is 5.82 Å². The molecule has 8 nitrogen and oxygen atoms in total. The smallest absolute Gasteiger partial charge is 0.264 e. The minimum atomic E-state index is -0.714. The molecule has 1 fully saturated rings. The summed E-state index contributed by atoms with van der Waals surface area (Å²) in [4.78, 5) is 29.9. The van der Waals surface area contributed by atoms with Crippen molar-refractivity contribution in [3.05, 3.63) is 61.6 Å². The van der Waals surface area contributed by atoms with Gasteiger partial charge >= 0.3 is 0 Å². The summed E-state index contributed by atoms with van der Waals surface area (Å²) in [5, 5.41) is 3.05. The molecule has 0 amide bonds. The predicted octanol–water partition coefficient (Wildman–Crippen LogP) is 2.89. The van der Waals surface area contributed by atoms with Crippen LogP contribution in [0.3, 0.4) is 0 Å². The van der Waals surface area contributed by atoms with E-state index in [1.165, 1.54) is 40.7 Å². The van der Waals surface area contributed by atoms with E-state index in [1.807, 2.05) is 0 Å². The van der Waals surface area contributed by atoms with Gasteiger partial charge in [0.1, 0.15) is 23.6 Å². The molecule has 1 saturated heterocycles.